The molecule has 1 aliphatic rings. The normalized spacial score (nSPS) is 22.1. The Labute approximate surface area is 148 Å². The SMILES string of the molecule is Cc1ccsc1C(Cc1ccccc1)NC(=O)[C@H]1CCN[C@@H](C)C1. The van der Waals surface area contributed by atoms with E-state index in [1.165, 1.54) is 16.0 Å². The van der Waals surface area contributed by atoms with Gasteiger partial charge in [-0.3, -0.25) is 4.79 Å². The minimum atomic E-state index is 0.0603. The highest BCUT2D eigenvalue weighted by molar-refractivity contribution is 7.10. The molecule has 0 spiro atoms. The summed E-state index contributed by atoms with van der Waals surface area (Å²) < 4.78 is 0. The molecule has 128 valence electrons. The summed E-state index contributed by atoms with van der Waals surface area (Å²) in [6, 6.07) is 13.0. The molecule has 4 heteroatoms. The van der Waals surface area contributed by atoms with Crippen LogP contribution in [0.3, 0.4) is 0 Å². The smallest absolute Gasteiger partial charge is 0.223 e. The maximum Gasteiger partial charge on any atom is 0.223 e. The first-order valence-corrected chi connectivity index (χ1v) is 9.63. The van der Waals surface area contributed by atoms with Gasteiger partial charge in [-0.25, -0.2) is 0 Å². The second-order valence-electron chi connectivity index (χ2n) is 6.80. The van der Waals surface area contributed by atoms with Crippen LogP contribution in [0.5, 0.6) is 0 Å². The molecule has 3 nitrogen and oxygen atoms in total. The van der Waals surface area contributed by atoms with Gasteiger partial charge in [0.15, 0.2) is 0 Å². The van der Waals surface area contributed by atoms with Crippen LogP contribution in [0.4, 0.5) is 0 Å². The number of amides is 1. The molecular weight excluding hydrogens is 316 g/mol. The topological polar surface area (TPSA) is 41.1 Å². The number of nitrogens with one attached hydrogen (secondary N) is 2. The number of benzene rings is 1. The van der Waals surface area contributed by atoms with Gasteiger partial charge >= 0.3 is 0 Å². The second-order valence-corrected chi connectivity index (χ2v) is 7.74. The monoisotopic (exact) mass is 342 g/mol. The lowest BCUT2D eigenvalue weighted by Crippen LogP contribution is -2.43. The van der Waals surface area contributed by atoms with E-state index in [1.54, 1.807) is 11.3 Å². The van der Waals surface area contributed by atoms with E-state index in [2.05, 4.69) is 60.2 Å². The first kappa shape index (κ1) is 17.2. The molecule has 1 fully saturated rings. The van der Waals surface area contributed by atoms with E-state index in [0.29, 0.717) is 6.04 Å². The van der Waals surface area contributed by atoms with E-state index in [1.807, 2.05) is 6.07 Å². The molecule has 2 aromatic rings. The number of rotatable bonds is 5. The molecule has 1 amide bonds. The molecule has 3 atom stereocenters. The van der Waals surface area contributed by atoms with Crippen molar-refractivity contribution in [2.24, 2.45) is 5.92 Å². The van der Waals surface area contributed by atoms with Crippen LogP contribution >= 0.6 is 11.3 Å². The molecule has 1 saturated heterocycles. The average molecular weight is 343 g/mol. The molecule has 24 heavy (non-hydrogen) atoms. The van der Waals surface area contributed by atoms with Gasteiger partial charge in [-0.1, -0.05) is 30.3 Å². The van der Waals surface area contributed by atoms with Gasteiger partial charge in [-0.15, -0.1) is 11.3 Å². The number of aryl methyl sites for hydroxylation is 1. The van der Waals surface area contributed by atoms with Crippen LogP contribution in [0.15, 0.2) is 41.8 Å². The van der Waals surface area contributed by atoms with E-state index >= 15 is 0 Å². The zero-order chi connectivity index (χ0) is 16.9. The Kier molecular flexibility index (Phi) is 5.69. The molecule has 1 aromatic carbocycles. The summed E-state index contributed by atoms with van der Waals surface area (Å²) in [4.78, 5) is 14.1. The van der Waals surface area contributed by atoms with Gasteiger partial charge in [0.25, 0.3) is 0 Å². The number of thiophene rings is 1. The van der Waals surface area contributed by atoms with Crippen molar-refractivity contribution in [3.8, 4) is 0 Å². The van der Waals surface area contributed by atoms with Crippen LogP contribution in [0.2, 0.25) is 0 Å². The lowest BCUT2D eigenvalue weighted by Gasteiger charge is -2.29. The maximum absolute atomic E-state index is 12.8. The molecule has 3 rings (SSSR count). The quantitative estimate of drug-likeness (QED) is 0.867. The van der Waals surface area contributed by atoms with Crippen LogP contribution in [-0.4, -0.2) is 18.5 Å². The summed E-state index contributed by atoms with van der Waals surface area (Å²) in [5.74, 6) is 0.330. The minimum Gasteiger partial charge on any atom is -0.348 e. The van der Waals surface area contributed by atoms with Crippen LogP contribution in [0, 0.1) is 12.8 Å². The Morgan fingerprint density at radius 1 is 1.33 bits per heavy atom. The van der Waals surface area contributed by atoms with Gasteiger partial charge in [0.05, 0.1) is 6.04 Å². The van der Waals surface area contributed by atoms with Crippen molar-refractivity contribution in [1.29, 1.82) is 0 Å². The van der Waals surface area contributed by atoms with Crippen molar-refractivity contribution in [3.05, 3.63) is 57.8 Å². The van der Waals surface area contributed by atoms with Gasteiger partial charge in [-0.05, 0) is 62.2 Å². The van der Waals surface area contributed by atoms with Crippen molar-refractivity contribution < 1.29 is 4.79 Å². The van der Waals surface area contributed by atoms with Crippen LogP contribution in [0.25, 0.3) is 0 Å². The number of carbonyl (C=O) groups excluding carboxylic acids is 1. The van der Waals surface area contributed by atoms with Crippen molar-refractivity contribution >= 4 is 17.2 Å². The largest absolute Gasteiger partial charge is 0.348 e. The summed E-state index contributed by atoms with van der Waals surface area (Å²) in [6.07, 6.45) is 2.69. The van der Waals surface area contributed by atoms with Crippen LogP contribution in [0.1, 0.15) is 41.8 Å². The average Bonchev–Trinajstić information content (AvgIpc) is 3.01. The maximum atomic E-state index is 12.8. The van der Waals surface area contributed by atoms with Crippen molar-refractivity contribution in [2.75, 3.05) is 6.54 Å². The Bertz CT molecular complexity index is 667. The highest BCUT2D eigenvalue weighted by atomic mass is 32.1. The molecule has 2 N–H and O–H groups in total. The third kappa shape index (κ3) is 4.25. The molecule has 0 radical (unpaired) electrons. The zero-order valence-corrected chi connectivity index (χ0v) is 15.2. The van der Waals surface area contributed by atoms with Crippen molar-refractivity contribution in [2.45, 2.75) is 45.2 Å². The number of piperidine rings is 1. The standard InChI is InChI=1S/C20H26N2OS/c1-14-9-11-24-19(14)18(13-16-6-4-3-5-7-16)22-20(23)17-8-10-21-15(2)12-17/h3-7,9,11,15,17-18,21H,8,10,12-13H2,1-2H3,(H,22,23)/t15-,17-,18?/m0/s1. The minimum absolute atomic E-state index is 0.0603. The predicted molar refractivity (Wildman–Crippen MR) is 100 cm³/mol. The molecule has 1 aromatic heterocycles. The number of hydrogen-bond acceptors (Lipinski definition) is 3. The fraction of sp³-hybridized carbons (Fsp3) is 0.450. The Morgan fingerprint density at radius 3 is 2.79 bits per heavy atom. The number of carbonyl (C=O) groups is 1. The van der Waals surface area contributed by atoms with E-state index in [9.17, 15) is 4.79 Å². The van der Waals surface area contributed by atoms with E-state index in [-0.39, 0.29) is 17.9 Å². The fourth-order valence-corrected chi connectivity index (χ4v) is 4.44. The summed E-state index contributed by atoms with van der Waals surface area (Å²) in [7, 11) is 0. The second kappa shape index (κ2) is 7.95. The first-order valence-electron chi connectivity index (χ1n) is 8.75. The zero-order valence-electron chi connectivity index (χ0n) is 14.4. The molecule has 0 bridgehead atoms. The van der Waals surface area contributed by atoms with Gasteiger partial charge in [0.2, 0.25) is 5.91 Å². The molecule has 1 unspecified atom stereocenters. The van der Waals surface area contributed by atoms with Crippen LogP contribution in [-0.2, 0) is 11.2 Å². The molecule has 0 aliphatic carbocycles. The van der Waals surface area contributed by atoms with Crippen molar-refractivity contribution in [3.63, 3.8) is 0 Å². The predicted octanol–water partition coefficient (Wildman–Crippen LogP) is 3.84. The Hall–Kier alpha value is -1.65. The van der Waals surface area contributed by atoms with Crippen LogP contribution < -0.4 is 10.6 Å². The summed E-state index contributed by atoms with van der Waals surface area (Å²) >= 11 is 1.74. The lowest BCUT2D eigenvalue weighted by atomic mass is 9.91. The fourth-order valence-electron chi connectivity index (χ4n) is 3.46. The van der Waals surface area contributed by atoms with E-state index in [4.69, 9.17) is 0 Å². The highest BCUT2D eigenvalue weighted by Gasteiger charge is 2.27. The number of hydrogen-bond donors (Lipinski definition) is 2. The van der Waals surface area contributed by atoms with Gasteiger partial charge in [0, 0.05) is 16.8 Å². The highest BCUT2D eigenvalue weighted by Crippen LogP contribution is 2.28. The van der Waals surface area contributed by atoms with Gasteiger partial charge in [0.1, 0.15) is 0 Å². The first-order chi connectivity index (χ1) is 11.6. The Balaban J connectivity index is 1.75. The molecular formula is C20H26N2OS. The van der Waals surface area contributed by atoms with Gasteiger partial charge in [-0.2, -0.15) is 0 Å². The van der Waals surface area contributed by atoms with Gasteiger partial charge < -0.3 is 10.6 Å². The Morgan fingerprint density at radius 2 is 2.12 bits per heavy atom. The molecule has 1 aliphatic heterocycles. The summed E-state index contributed by atoms with van der Waals surface area (Å²) in [5.41, 5.74) is 2.52. The van der Waals surface area contributed by atoms with Crippen molar-refractivity contribution in [1.82, 2.24) is 10.6 Å². The molecule has 2 heterocycles. The lowest BCUT2D eigenvalue weighted by molar-refractivity contribution is -0.126. The summed E-state index contributed by atoms with van der Waals surface area (Å²) in [5, 5.41) is 8.87. The van der Waals surface area contributed by atoms with E-state index < -0.39 is 0 Å². The summed E-state index contributed by atoms with van der Waals surface area (Å²) in [6.45, 7) is 5.22. The van der Waals surface area contributed by atoms with E-state index in [0.717, 1.165) is 25.8 Å². The molecule has 0 saturated carbocycles. The third-order valence-electron chi connectivity index (χ3n) is 4.81. The third-order valence-corrected chi connectivity index (χ3v) is 5.94.